The molecule has 7 heteroatoms. The first kappa shape index (κ1) is 10.0. The average molecular weight is 213 g/mol. The largest absolute Gasteiger partial charge is 0.468 e. The highest BCUT2D eigenvalue weighted by molar-refractivity contribution is 6.29. The number of aromatic nitrogens is 2. The van der Waals surface area contributed by atoms with Crippen LogP contribution >= 0.6 is 11.6 Å². The van der Waals surface area contributed by atoms with E-state index < -0.39 is 12.8 Å². The van der Waals surface area contributed by atoms with Crippen LogP contribution in [0.25, 0.3) is 0 Å². The Balaban J connectivity index is 2.55. The molecule has 1 aromatic heterocycles. The summed E-state index contributed by atoms with van der Waals surface area (Å²) in [4.78, 5) is 6.90. The Kier molecular flexibility index (Phi) is 2.92. The molecule has 72 valence electrons. The minimum atomic E-state index is -4.38. The third kappa shape index (κ3) is 3.93. The van der Waals surface area contributed by atoms with Gasteiger partial charge in [0.15, 0.2) is 6.61 Å². The first-order chi connectivity index (χ1) is 5.97. The molecule has 0 atom stereocenters. The van der Waals surface area contributed by atoms with Crippen molar-refractivity contribution in [3.05, 3.63) is 17.5 Å². The molecule has 0 amide bonds. The normalized spacial score (nSPS) is 11.4. The van der Waals surface area contributed by atoms with E-state index in [0.717, 1.165) is 12.4 Å². The van der Waals surface area contributed by atoms with Crippen LogP contribution in [0.5, 0.6) is 5.88 Å². The highest BCUT2D eigenvalue weighted by atomic mass is 35.5. The molecule has 0 aliphatic rings. The van der Waals surface area contributed by atoms with Crippen LogP contribution in [-0.4, -0.2) is 22.8 Å². The van der Waals surface area contributed by atoms with Crippen molar-refractivity contribution in [1.82, 2.24) is 9.97 Å². The molecule has 1 aromatic rings. The molecular weight excluding hydrogens is 209 g/mol. The fourth-order valence-electron chi connectivity index (χ4n) is 0.552. The molecule has 0 fully saturated rings. The van der Waals surface area contributed by atoms with Crippen molar-refractivity contribution < 1.29 is 17.9 Å². The Hall–Kier alpha value is -1.04. The van der Waals surface area contributed by atoms with E-state index in [1.807, 2.05) is 0 Å². The number of ether oxygens (including phenoxy) is 1. The molecule has 13 heavy (non-hydrogen) atoms. The van der Waals surface area contributed by atoms with Crippen molar-refractivity contribution in [2.75, 3.05) is 6.61 Å². The molecule has 0 radical (unpaired) electrons. The fraction of sp³-hybridized carbons (Fsp3) is 0.333. The van der Waals surface area contributed by atoms with E-state index in [0.29, 0.717) is 0 Å². The van der Waals surface area contributed by atoms with Gasteiger partial charge in [0.05, 0.1) is 0 Å². The van der Waals surface area contributed by atoms with Gasteiger partial charge >= 0.3 is 6.18 Å². The standard InChI is InChI=1S/C6H4ClF3N2O/c7-4-1-5(12-3-11-4)13-2-6(8,9)10/h1,3H,2H2. The van der Waals surface area contributed by atoms with E-state index in [4.69, 9.17) is 11.6 Å². The maximum Gasteiger partial charge on any atom is 0.422 e. The zero-order valence-corrected chi connectivity index (χ0v) is 6.93. The molecule has 0 saturated carbocycles. The summed E-state index contributed by atoms with van der Waals surface area (Å²) in [6.07, 6.45) is -3.36. The van der Waals surface area contributed by atoms with E-state index in [1.165, 1.54) is 0 Å². The molecule has 1 rings (SSSR count). The number of hydrogen-bond acceptors (Lipinski definition) is 3. The van der Waals surface area contributed by atoms with Crippen molar-refractivity contribution in [2.45, 2.75) is 6.18 Å². The fourth-order valence-corrected chi connectivity index (χ4v) is 0.689. The molecule has 0 aliphatic heterocycles. The minimum absolute atomic E-state index is 0.0344. The molecule has 0 aromatic carbocycles. The van der Waals surface area contributed by atoms with E-state index in [-0.39, 0.29) is 11.0 Å². The first-order valence-corrected chi connectivity index (χ1v) is 3.52. The summed E-state index contributed by atoms with van der Waals surface area (Å²) in [6.45, 7) is -1.39. The molecule has 3 nitrogen and oxygen atoms in total. The highest BCUT2D eigenvalue weighted by Crippen LogP contribution is 2.17. The van der Waals surface area contributed by atoms with Crippen LogP contribution in [0.4, 0.5) is 13.2 Å². The number of hydrogen-bond donors (Lipinski definition) is 0. The summed E-state index contributed by atoms with van der Waals surface area (Å²) in [7, 11) is 0. The number of rotatable bonds is 2. The molecule has 0 unspecified atom stereocenters. The van der Waals surface area contributed by atoms with Gasteiger partial charge in [-0.05, 0) is 0 Å². The van der Waals surface area contributed by atoms with Crippen LogP contribution in [-0.2, 0) is 0 Å². The van der Waals surface area contributed by atoms with Gasteiger partial charge in [-0.25, -0.2) is 9.97 Å². The van der Waals surface area contributed by atoms with Crippen LogP contribution in [0.3, 0.4) is 0 Å². The zero-order chi connectivity index (χ0) is 9.90. The molecular formula is C6H4ClF3N2O. The zero-order valence-electron chi connectivity index (χ0n) is 6.18. The van der Waals surface area contributed by atoms with Gasteiger partial charge < -0.3 is 4.74 Å². The van der Waals surface area contributed by atoms with Crippen LogP contribution in [0.15, 0.2) is 12.4 Å². The summed E-state index contributed by atoms with van der Waals surface area (Å²) in [5, 5.41) is 0.0344. The lowest BCUT2D eigenvalue weighted by atomic mass is 10.6. The maximum absolute atomic E-state index is 11.6. The Morgan fingerprint density at radius 3 is 2.62 bits per heavy atom. The number of halogens is 4. The summed E-state index contributed by atoms with van der Waals surface area (Å²) >= 11 is 5.38. The van der Waals surface area contributed by atoms with Gasteiger partial charge in [0, 0.05) is 6.07 Å². The van der Waals surface area contributed by atoms with Crippen LogP contribution in [0.2, 0.25) is 5.15 Å². The third-order valence-corrected chi connectivity index (χ3v) is 1.20. The van der Waals surface area contributed by atoms with Gasteiger partial charge in [-0.15, -0.1) is 0 Å². The van der Waals surface area contributed by atoms with Crippen molar-refractivity contribution in [2.24, 2.45) is 0 Å². The molecule has 0 N–H and O–H groups in total. The second-order valence-electron chi connectivity index (χ2n) is 2.08. The van der Waals surface area contributed by atoms with E-state index in [9.17, 15) is 13.2 Å². The molecule has 1 heterocycles. The predicted molar refractivity (Wildman–Crippen MR) is 38.6 cm³/mol. The van der Waals surface area contributed by atoms with Gasteiger partial charge in [-0.1, -0.05) is 11.6 Å². The first-order valence-electron chi connectivity index (χ1n) is 3.14. The number of nitrogens with zero attached hydrogens (tertiary/aromatic N) is 2. The van der Waals surface area contributed by atoms with E-state index in [2.05, 4.69) is 14.7 Å². The smallest absolute Gasteiger partial charge is 0.422 e. The Morgan fingerprint density at radius 2 is 2.08 bits per heavy atom. The summed E-state index contributed by atoms with van der Waals surface area (Å²) < 4.78 is 39.2. The summed E-state index contributed by atoms with van der Waals surface area (Å²) in [6, 6.07) is 1.10. The van der Waals surface area contributed by atoms with Crippen molar-refractivity contribution >= 4 is 11.6 Å². The summed E-state index contributed by atoms with van der Waals surface area (Å²) in [5.74, 6) is -0.197. The molecule has 0 saturated heterocycles. The summed E-state index contributed by atoms with van der Waals surface area (Å²) in [5.41, 5.74) is 0. The Morgan fingerprint density at radius 1 is 1.38 bits per heavy atom. The Bertz CT molecular complexity index is 291. The topological polar surface area (TPSA) is 35.0 Å². The number of alkyl halides is 3. The van der Waals surface area contributed by atoms with Crippen molar-refractivity contribution in [1.29, 1.82) is 0 Å². The lowest BCUT2D eigenvalue weighted by Gasteiger charge is -2.07. The molecule has 0 aliphatic carbocycles. The lowest BCUT2D eigenvalue weighted by molar-refractivity contribution is -0.154. The van der Waals surface area contributed by atoms with Crippen molar-refractivity contribution in [3.63, 3.8) is 0 Å². The van der Waals surface area contributed by atoms with E-state index >= 15 is 0 Å². The van der Waals surface area contributed by atoms with Gasteiger partial charge in [-0.2, -0.15) is 13.2 Å². The van der Waals surface area contributed by atoms with Gasteiger partial charge in [0.25, 0.3) is 0 Å². The third-order valence-electron chi connectivity index (χ3n) is 0.992. The monoisotopic (exact) mass is 212 g/mol. The van der Waals surface area contributed by atoms with Gasteiger partial charge in [-0.3, -0.25) is 0 Å². The van der Waals surface area contributed by atoms with Crippen molar-refractivity contribution in [3.8, 4) is 5.88 Å². The van der Waals surface area contributed by atoms with Crippen LogP contribution < -0.4 is 4.74 Å². The van der Waals surface area contributed by atoms with Crippen LogP contribution in [0.1, 0.15) is 0 Å². The second kappa shape index (κ2) is 3.78. The lowest BCUT2D eigenvalue weighted by Crippen LogP contribution is -2.19. The molecule has 0 spiro atoms. The predicted octanol–water partition coefficient (Wildman–Crippen LogP) is 2.07. The quantitative estimate of drug-likeness (QED) is 0.704. The van der Waals surface area contributed by atoms with Gasteiger partial charge in [0.2, 0.25) is 5.88 Å². The van der Waals surface area contributed by atoms with Crippen LogP contribution in [0, 0.1) is 0 Å². The molecule has 0 bridgehead atoms. The highest BCUT2D eigenvalue weighted by Gasteiger charge is 2.28. The van der Waals surface area contributed by atoms with Gasteiger partial charge in [0.1, 0.15) is 11.5 Å². The average Bonchev–Trinajstić information content (AvgIpc) is 2.00. The Labute approximate surface area is 76.5 Å². The maximum atomic E-state index is 11.6. The van der Waals surface area contributed by atoms with E-state index in [1.54, 1.807) is 0 Å². The second-order valence-corrected chi connectivity index (χ2v) is 2.47. The SMILES string of the molecule is FC(F)(F)COc1cc(Cl)ncn1. The minimum Gasteiger partial charge on any atom is -0.468 e.